The van der Waals surface area contributed by atoms with E-state index in [0.717, 1.165) is 83.5 Å². The molecule has 0 aromatic heterocycles. The second kappa shape index (κ2) is 68.9. The number of hydrogen-bond acceptors (Lipinski definition) is 6. The standard InChI is InChI=1S/C74H136O6/c1-4-7-10-13-16-19-22-25-27-29-31-33-35-36-37-39-40-42-44-46-49-52-55-58-61-64-67-73(76)79-70-71(69-78-72(75)66-63-60-57-54-51-48-24-21-18-15-12-9-6-3)80-74(77)68-65-62-59-56-53-50-47-45-43-41-38-34-32-30-28-26-23-20-17-14-11-8-5-2/h21,23-24,26,30,32,38,41,71H,4-20,22,25,27-29,31,33-37,39-40,42-70H2,1-3H3/b24-21-,26-23-,32-30-,41-38-. The SMILES string of the molecule is CCCCCC/C=C\CCCCCCCC(=O)OCC(COC(=O)CCCCCCCCCCCCCCCCCCCCCCCCCCCC)OC(=O)CCCCCCCCCC/C=C\C/C=C\C/C=C\CCCCCCC. The molecule has 0 aliphatic heterocycles. The van der Waals surface area contributed by atoms with Crippen LogP contribution in [0.15, 0.2) is 48.6 Å². The zero-order chi connectivity index (χ0) is 57.8. The highest BCUT2D eigenvalue weighted by Crippen LogP contribution is 2.18. The van der Waals surface area contributed by atoms with Crippen molar-refractivity contribution >= 4 is 17.9 Å². The molecule has 80 heavy (non-hydrogen) atoms. The van der Waals surface area contributed by atoms with Crippen LogP contribution < -0.4 is 0 Å². The Labute approximate surface area is 498 Å². The van der Waals surface area contributed by atoms with Crippen LogP contribution in [0.25, 0.3) is 0 Å². The summed E-state index contributed by atoms with van der Waals surface area (Å²) < 4.78 is 17.0. The van der Waals surface area contributed by atoms with E-state index in [2.05, 4.69) is 69.4 Å². The Hall–Kier alpha value is -2.63. The molecule has 0 amide bonds. The normalized spacial score (nSPS) is 12.3. The smallest absolute Gasteiger partial charge is 0.306 e. The van der Waals surface area contributed by atoms with E-state index in [1.54, 1.807) is 0 Å². The summed E-state index contributed by atoms with van der Waals surface area (Å²) >= 11 is 0. The molecule has 6 nitrogen and oxygen atoms in total. The van der Waals surface area contributed by atoms with Gasteiger partial charge in [-0.05, 0) is 83.5 Å². The second-order valence-electron chi connectivity index (χ2n) is 24.1. The first-order chi connectivity index (χ1) is 39.5. The minimum absolute atomic E-state index is 0.0748. The van der Waals surface area contributed by atoms with Gasteiger partial charge in [0.25, 0.3) is 0 Å². The number of ether oxygens (including phenoxy) is 3. The lowest BCUT2D eigenvalue weighted by atomic mass is 10.0. The molecule has 6 heteroatoms. The fraction of sp³-hybridized carbons (Fsp3) is 0.851. The number of rotatable bonds is 66. The molecular formula is C74H136O6. The Bertz CT molecular complexity index is 1380. The van der Waals surface area contributed by atoms with Crippen molar-refractivity contribution < 1.29 is 28.6 Å². The monoisotopic (exact) mass is 1120 g/mol. The third kappa shape index (κ3) is 66.2. The molecule has 0 saturated carbocycles. The Morgan fingerprint density at radius 1 is 0.250 bits per heavy atom. The maximum atomic E-state index is 12.9. The van der Waals surface area contributed by atoms with Gasteiger partial charge in [-0.3, -0.25) is 14.4 Å². The summed E-state index contributed by atoms with van der Waals surface area (Å²) in [6, 6.07) is 0. The maximum Gasteiger partial charge on any atom is 0.306 e. The van der Waals surface area contributed by atoms with Crippen molar-refractivity contribution in [2.24, 2.45) is 0 Å². The first kappa shape index (κ1) is 77.4. The molecule has 0 spiro atoms. The molecule has 0 saturated heterocycles. The predicted octanol–water partition coefficient (Wildman–Crippen LogP) is 24.5. The van der Waals surface area contributed by atoms with Crippen molar-refractivity contribution in [3.05, 3.63) is 48.6 Å². The number of esters is 3. The molecule has 0 radical (unpaired) electrons. The largest absolute Gasteiger partial charge is 0.462 e. The summed E-state index contributed by atoms with van der Waals surface area (Å²) in [5.41, 5.74) is 0. The minimum atomic E-state index is -0.780. The molecule has 0 aliphatic carbocycles. The summed E-state index contributed by atoms with van der Waals surface area (Å²) in [4.78, 5) is 38.4. The average molecular weight is 1120 g/mol. The highest BCUT2D eigenvalue weighted by molar-refractivity contribution is 5.71. The fourth-order valence-corrected chi connectivity index (χ4v) is 10.7. The van der Waals surface area contributed by atoms with Gasteiger partial charge in [-0.2, -0.15) is 0 Å². The lowest BCUT2D eigenvalue weighted by molar-refractivity contribution is -0.167. The second-order valence-corrected chi connectivity index (χ2v) is 24.1. The van der Waals surface area contributed by atoms with Gasteiger partial charge in [0.1, 0.15) is 13.2 Å². The molecule has 0 fully saturated rings. The van der Waals surface area contributed by atoms with Gasteiger partial charge in [0.2, 0.25) is 0 Å². The molecule has 0 heterocycles. The van der Waals surface area contributed by atoms with Crippen LogP contribution in [-0.4, -0.2) is 37.2 Å². The summed E-state index contributed by atoms with van der Waals surface area (Å²) in [5, 5.41) is 0. The molecule has 1 atom stereocenters. The lowest BCUT2D eigenvalue weighted by Gasteiger charge is -2.18. The molecule has 0 N–H and O–H groups in total. The zero-order valence-corrected chi connectivity index (χ0v) is 53.9. The predicted molar refractivity (Wildman–Crippen MR) is 349 cm³/mol. The molecule has 1 unspecified atom stereocenters. The first-order valence-electron chi connectivity index (χ1n) is 35.6. The quantitative estimate of drug-likeness (QED) is 0.0261. The third-order valence-corrected chi connectivity index (χ3v) is 16.1. The minimum Gasteiger partial charge on any atom is -0.462 e. The number of carbonyl (C=O) groups is 3. The van der Waals surface area contributed by atoms with Gasteiger partial charge in [-0.25, -0.2) is 0 Å². The van der Waals surface area contributed by atoms with Crippen LogP contribution in [0.2, 0.25) is 0 Å². The topological polar surface area (TPSA) is 78.9 Å². The van der Waals surface area contributed by atoms with E-state index >= 15 is 0 Å². The van der Waals surface area contributed by atoms with Crippen LogP contribution in [0.3, 0.4) is 0 Å². The van der Waals surface area contributed by atoms with Gasteiger partial charge < -0.3 is 14.2 Å². The highest BCUT2D eigenvalue weighted by atomic mass is 16.6. The van der Waals surface area contributed by atoms with E-state index in [9.17, 15) is 14.4 Å². The molecule has 0 bridgehead atoms. The van der Waals surface area contributed by atoms with E-state index in [0.29, 0.717) is 19.3 Å². The molecule has 0 aromatic carbocycles. The van der Waals surface area contributed by atoms with Crippen molar-refractivity contribution in [2.45, 2.75) is 393 Å². The summed E-state index contributed by atoms with van der Waals surface area (Å²) in [7, 11) is 0. The van der Waals surface area contributed by atoms with Gasteiger partial charge in [0.05, 0.1) is 0 Å². The molecule has 0 aromatic rings. The van der Waals surface area contributed by atoms with Crippen LogP contribution in [0.5, 0.6) is 0 Å². The van der Waals surface area contributed by atoms with Gasteiger partial charge in [0, 0.05) is 19.3 Å². The van der Waals surface area contributed by atoms with E-state index in [1.807, 2.05) is 0 Å². The average Bonchev–Trinajstić information content (AvgIpc) is 3.46. The van der Waals surface area contributed by atoms with Gasteiger partial charge >= 0.3 is 17.9 Å². The zero-order valence-electron chi connectivity index (χ0n) is 53.9. The molecule has 0 aliphatic rings. The van der Waals surface area contributed by atoms with Crippen LogP contribution in [0, 0.1) is 0 Å². The van der Waals surface area contributed by atoms with Crippen molar-refractivity contribution in [3.63, 3.8) is 0 Å². The van der Waals surface area contributed by atoms with Crippen molar-refractivity contribution in [2.75, 3.05) is 13.2 Å². The molecule has 0 rings (SSSR count). The van der Waals surface area contributed by atoms with Crippen LogP contribution >= 0.6 is 0 Å². The summed E-state index contributed by atoms with van der Waals surface area (Å²) in [6.45, 7) is 6.67. The van der Waals surface area contributed by atoms with E-state index < -0.39 is 6.10 Å². The number of allylic oxidation sites excluding steroid dienone is 8. The van der Waals surface area contributed by atoms with E-state index in [-0.39, 0.29) is 31.1 Å². The maximum absolute atomic E-state index is 12.9. The first-order valence-corrected chi connectivity index (χ1v) is 35.6. The number of carbonyl (C=O) groups excluding carboxylic acids is 3. The van der Waals surface area contributed by atoms with Crippen molar-refractivity contribution in [1.82, 2.24) is 0 Å². The Morgan fingerprint density at radius 2 is 0.450 bits per heavy atom. The number of hydrogen-bond donors (Lipinski definition) is 0. The Morgan fingerprint density at radius 3 is 0.725 bits per heavy atom. The fourth-order valence-electron chi connectivity index (χ4n) is 10.7. The van der Waals surface area contributed by atoms with Gasteiger partial charge in [0.15, 0.2) is 6.10 Å². The lowest BCUT2D eigenvalue weighted by Crippen LogP contribution is -2.30. The Kier molecular flexibility index (Phi) is 66.6. The number of unbranched alkanes of at least 4 members (excludes halogenated alkanes) is 47. The highest BCUT2D eigenvalue weighted by Gasteiger charge is 2.19. The molecule has 468 valence electrons. The van der Waals surface area contributed by atoms with Crippen molar-refractivity contribution in [1.29, 1.82) is 0 Å². The van der Waals surface area contributed by atoms with Crippen LogP contribution in [0.4, 0.5) is 0 Å². The third-order valence-electron chi connectivity index (χ3n) is 16.1. The van der Waals surface area contributed by atoms with Gasteiger partial charge in [-0.1, -0.05) is 333 Å². The summed E-state index contributed by atoms with van der Waals surface area (Å²) in [6.07, 6.45) is 87.1. The molecular weight excluding hydrogens is 985 g/mol. The summed E-state index contributed by atoms with van der Waals surface area (Å²) in [5.74, 6) is -0.866. The van der Waals surface area contributed by atoms with E-state index in [1.165, 1.54) is 263 Å². The van der Waals surface area contributed by atoms with Crippen LogP contribution in [0.1, 0.15) is 387 Å². The van der Waals surface area contributed by atoms with Crippen molar-refractivity contribution in [3.8, 4) is 0 Å². The van der Waals surface area contributed by atoms with Crippen LogP contribution in [-0.2, 0) is 28.6 Å². The van der Waals surface area contributed by atoms with E-state index in [4.69, 9.17) is 14.2 Å². The Balaban J connectivity index is 4.25. The van der Waals surface area contributed by atoms with Gasteiger partial charge in [-0.15, -0.1) is 0 Å².